The Labute approximate surface area is 365 Å². The predicted octanol–water partition coefficient (Wildman–Crippen LogP) is -5.54. The van der Waals surface area contributed by atoms with Crippen molar-refractivity contribution in [3.63, 3.8) is 0 Å². The van der Waals surface area contributed by atoms with E-state index in [9.17, 15) is 63.3 Å². The number of hydrogen-bond acceptors (Lipinski definition) is 15. The van der Waals surface area contributed by atoms with E-state index < -0.39 is 127 Å². The SMILES string of the molecule is NC(N)=NCCC[C@H](NC(=O)[C@H](CC(=O)O)NC(=O)[C@@H](N)CS)C(=O)NCC(=O)N[C@@H](CC(=O)O)C(=O)N[C@@H](CS)C(=O)N[C@@H](Cc1ccccc1)C(=O)N[C@@H](CS)C(=O)O. The number of nitrogens with two attached hydrogens (primary N) is 3. The lowest BCUT2D eigenvalue weighted by molar-refractivity contribution is -0.142. The first kappa shape index (κ1) is 53.2. The molecule has 0 spiro atoms. The number of carbonyl (C=O) groups excluding carboxylic acids is 7. The summed E-state index contributed by atoms with van der Waals surface area (Å²) in [5, 5.41) is 43.9. The second-order valence-electron chi connectivity index (χ2n) is 13.0. The number of aliphatic carboxylic acids is 3. The maximum atomic E-state index is 13.4. The number of nitrogens with one attached hydrogen (secondary N) is 7. The van der Waals surface area contributed by atoms with Gasteiger partial charge in [-0.2, -0.15) is 37.9 Å². The van der Waals surface area contributed by atoms with E-state index in [-0.39, 0.29) is 43.3 Å². The number of amides is 7. The fraction of sp³-hybridized carbons (Fsp3) is 0.500. The molecule has 0 aliphatic rings. The van der Waals surface area contributed by atoms with Crippen molar-refractivity contribution >= 4 is 103 Å². The summed E-state index contributed by atoms with van der Waals surface area (Å²) in [6.45, 7) is -0.918. The van der Waals surface area contributed by atoms with Crippen molar-refractivity contribution < 1.29 is 63.3 Å². The van der Waals surface area contributed by atoms with Gasteiger partial charge in [-0.3, -0.25) is 48.1 Å². The zero-order valence-corrected chi connectivity index (χ0v) is 35.1. The molecule has 61 heavy (non-hydrogen) atoms. The van der Waals surface area contributed by atoms with Crippen LogP contribution in [0.5, 0.6) is 0 Å². The number of rotatable bonds is 28. The van der Waals surface area contributed by atoms with Crippen molar-refractivity contribution in [2.24, 2.45) is 22.2 Å². The van der Waals surface area contributed by atoms with Gasteiger partial charge in [0.1, 0.15) is 36.3 Å². The van der Waals surface area contributed by atoms with Gasteiger partial charge in [-0.05, 0) is 18.4 Å². The summed E-state index contributed by atoms with van der Waals surface area (Å²) in [5.74, 6) is -12.7. The van der Waals surface area contributed by atoms with Gasteiger partial charge < -0.3 is 69.7 Å². The Kier molecular flexibility index (Phi) is 24.3. The van der Waals surface area contributed by atoms with Crippen LogP contribution < -0.4 is 54.4 Å². The lowest BCUT2D eigenvalue weighted by Crippen LogP contribution is -2.59. The Morgan fingerprint density at radius 2 is 1.07 bits per heavy atom. The monoisotopic (exact) mass is 917 g/mol. The van der Waals surface area contributed by atoms with Crippen molar-refractivity contribution in [2.75, 3.05) is 30.3 Å². The number of guanidine groups is 1. The number of carboxylic acids is 3. The van der Waals surface area contributed by atoms with Crippen LogP contribution in [-0.2, 0) is 54.4 Å². The number of nitrogens with zero attached hydrogens (tertiary/aromatic N) is 1. The average Bonchev–Trinajstić information content (AvgIpc) is 3.20. The Hall–Kier alpha value is -5.80. The topological polar surface area (TPSA) is 406 Å². The Bertz CT molecular complexity index is 1760. The van der Waals surface area contributed by atoms with Gasteiger partial charge in [0, 0.05) is 30.2 Å². The predicted molar refractivity (Wildman–Crippen MR) is 226 cm³/mol. The maximum Gasteiger partial charge on any atom is 0.327 e. The highest BCUT2D eigenvalue weighted by molar-refractivity contribution is 7.80. The fourth-order valence-corrected chi connectivity index (χ4v) is 5.64. The molecule has 0 saturated heterocycles. The molecule has 338 valence electrons. The molecule has 24 nitrogen and oxygen atoms in total. The summed E-state index contributed by atoms with van der Waals surface area (Å²) in [6, 6.07) is -2.19. The zero-order chi connectivity index (χ0) is 46.2. The van der Waals surface area contributed by atoms with E-state index in [1.165, 1.54) is 0 Å². The lowest BCUT2D eigenvalue weighted by Gasteiger charge is -2.25. The molecule has 7 amide bonds. The molecular formula is C34H51N11O13S3. The summed E-state index contributed by atoms with van der Waals surface area (Å²) in [5.41, 5.74) is 16.8. The fourth-order valence-electron chi connectivity index (χ4n) is 4.97. The van der Waals surface area contributed by atoms with Crippen LogP contribution in [0, 0.1) is 0 Å². The molecule has 0 heterocycles. The summed E-state index contributed by atoms with van der Waals surface area (Å²) >= 11 is 11.9. The average molecular weight is 918 g/mol. The van der Waals surface area contributed by atoms with Crippen molar-refractivity contribution in [2.45, 2.75) is 74.4 Å². The van der Waals surface area contributed by atoms with E-state index in [0.29, 0.717) is 5.56 Å². The number of thiol groups is 3. The smallest absolute Gasteiger partial charge is 0.327 e. The minimum absolute atomic E-state index is 0.0199. The number of hydrogen-bond donors (Lipinski definition) is 16. The third-order valence-electron chi connectivity index (χ3n) is 8.11. The van der Waals surface area contributed by atoms with Crippen LogP contribution in [0.1, 0.15) is 31.2 Å². The molecule has 7 atom stereocenters. The Morgan fingerprint density at radius 3 is 1.57 bits per heavy atom. The quantitative estimate of drug-likeness (QED) is 0.0161. The molecule has 0 aliphatic carbocycles. The number of carboxylic acid groups (broad SMARTS) is 3. The third-order valence-corrected chi connectivity index (χ3v) is 9.23. The van der Waals surface area contributed by atoms with Gasteiger partial charge in [0.2, 0.25) is 41.4 Å². The summed E-state index contributed by atoms with van der Waals surface area (Å²) in [7, 11) is 0. The first-order valence-electron chi connectivity index (χ1n) is 18.2. The van der Waals surface area contributed by atoms with Crippen molar-refractivity contribution in [1.29, 1.82) is 0 Å². The summed E-state index contributed by atoms with van der Waals surface area (Å²) in [6.07, 6.45) is -2.14. The molecule has 27 heteroatoms. The second-order valence-corrected chi connectivity index (χ2v) is 14.1. The van der Waals surface area contributed by atoms with Gasteiger partial charge in [-0.15, -0.1) is 0 Å². The van der Waals surface area contributed by atoms with Gasteiger partial charge in [-0.1, -0.05) is 30.3 Å². The standard InChI is InChI=1S/C34H51N11O13S3/c35-17(13-59)27(51)42-21(11-26(49)50)31(55)41-18(7-4-8-38-34(36)37)28(52)39-12-24(46)40-20(10-25(47)48)30(54)44-22(14-60)32(56)43-19(9-16-5-2-1-3-6-16)29(53)45-23(15-61)33(57)58/h1-3,5-6,17-23,59-61H,4,7-15,35H2,(H,39,52)(H,40,46)(H,41,55)(H,42,51)(H,43,56)(H,44,54)(H,45,53)(H,47,48)(H,49,50)(H,57,58)(H4,36,37,38)/t17-,18-,19-,20-,21-,22-,23-/m0/s1. The Balaban J connectivity index is 3.15. The van der Waals surface area contributed by atoms with Crippen LogP contribution in [0.4, 0.5) is 0 Å². The molecule has 0 aliphatic heterocycles. The van der Waals surface area contributed by atoms with E-state index >= 15 is 0 Å². The van der Waals surface area contributed by atoms with E-state index in [1.807, 2.05) is 0 Å². The Morgan fingerprint density at radius 1 is 0.590 bits per heavy atom. The normalized spacial score (nSPS) is 14.1. The minimum atomic E-state index is -1.84. The van der Waals surface area contributed by atoms with Crippen LogP contribution in [0.25, 0.3) is 0 Å². The third kappa shape index (κ3) is 20.8. The van der Waals surface area contributed by atoms with Crippen LogP contribution in [0.3, 0.4) is 0 Å². The molecule has 0 saturated carbocycles. The molecule has 1 aromatic carbocycles. The molecule has 0 radical (unpaired) electrons. The molecule has 0 unspecified atom stereocenters. The number of carbonyl (C=O) groups is 10. The van der Waals surface area contributed by atoms with Crippen molar-refractivity contribution in [3.8, 4) is 0 Å². The molecular weight excluding hydrogens is 867 g/mol. The van der Waals surface area contributed by atoms with Crippen LogP contribution in [0.15, 0.2) is 35.3 Å². The van der Waals surface area contributed by atoms with E-state index in [1.54, 1.807) is 30.3 Å². The summed E-state index contributed by atoms with van der Waals surface area (Å²) < 4.78 is 0. The van der Waals surface area contributed by atoms with Gasteiger partial charge in [0.15, 0.2) is 5.96 Å². The van der Waals surface area contributed by atoms with Crippen LogP contribution >= 0.6 is 37.9 Å². The first-order chi connectivity index (χ1) is 28.7. The maximum absolute atomic E-state index is 13.4. The van der Waals surface area contributed by atoms with E-state index in [0.717, 1.165) is 0 Å². The zero-order valence-electron chi connectivity index (χ0n) is 32.4. The molecule has 1 rings (SSSR count). The van der Waals surface area contributed by atoms with Gasteiger partial charge >= 0.3 is 17.9 Å². The second kappa shape index (κ2) is 27.9. The summed E-state index contributed by atoms with van der Waals surface area (Å²) in [4.78, 5) is 130. The largest absolute Gasteiger partial charge is 0.481 e. The highest BCUT2D eigenvalue weighted by Gasteiger charge is 2.33. The minimum Gasteiger partial charge on any atom is -0.481 e. The highest BCUT2D eigenvalue weighted by Crippen LogP contribution is 2.07. The molecule has 1 aromatic rings. The van der Waals surface area contributed by atoms with E-state index in [4.69, 9.17) is 17.2 Å². The molecule has 0 fully saturated rings. The van der Waals surface area contributed by atoms with Crippen molar-refractivity contribution in [1.82, 2.24) is 37.2 Å². The van der Waals surface area contributed by atoms with Gasteiger partial charge in [0.25, 0.3) is 0 Å². The van der Waals surface area contributed by atoms with Crippen LogP contribution in [0.2, 0.25) is 0 Å². The van der Waals surface area contributed by atoms with E-state index in [2.05, 4.69) is 80.1 Å². The number of aliphatic imine (C=N–C) groups is 1. The van der Waals surface area contributed by atoms with Crippen LogP contribution in [-0.4, -0.2) is 153 Å². The van der Waals surface area contributed by atoms with Crippen molar-refractivity contribution in [3.05, 3.63) is 35.9 Å². The highest BCUT2D eigenvalue weighted by atomic mass is 32.1. The van der Waals surface area contributed by atoms with Gasteiger partial charge in [-0.25, -0.2) is 4.79 Å². The number of benzene rings is 1. The molecule has 0 bridgehead atoms. The lowest BCUT2D eigenvalue weighted by atomic mass is 10.0. The van der Waals surface area contributed by atoms with Gasteiger partial charge in [0.05, 0.1) is 25.4 Å². The molecule has 0 aromatic heterocycles. The first-order valence-corrected chi connectivity index (χ1v) is 20.0. The molecule has 16 N–H and O–H groups in total.